The van der Waals surface area contributed by atoms with Gasteiger partial charge in [-0.3, -0.25) is 0 Å². The molecule has 0 saturated heterocycles. The average molecular weight is 222 g/mol. The highest BCUT2D eigenvalue weighted by Gasteiger charge is 2.02. The minimum atomic E-state index is 0.368. The second kappa shape index (κ2) is 6.51. The van der Waals surface area contributed by atoms with E-state index in [1.165, 1.54) is 0 Å². The van der Waals surface area contributed by atoms with Gasteiger partial charge < -0.3 is 15.3 Å². The van der Waals surface area contributed by atoms with Crippen LogP contribution in [0.2, 0.25) is 0 Å². The molecule has 0 aliphatic heterocycles. The molecule has 0 spiro atoms. The topological polar surface area (TPSA) is 35.5 Å². The number of phenolic OH excluding ortho intramolecular Hbond substituents is 1. The maximum absolute atomic E-state index is 9.56. The molecule has 1 aromatic rings. The van der Waals surface area contributed by atoms with E-state index < -0.39 is 0 Å². The quantitative estimate of drug-likeness (QED) is 0.721. The average Bonchev–Trinajstić information content (AvgIpc) is 2.26. The number of nitrogens with zero attached hydrogens (tertiary/aromatic N) is 1. The zero-order valence-electron chi connectivity index (χ0n) is 10.4. The lowest BCUT2D eigenvalue weighted by atomic mass is 10.2. The lowest BCUT2D eigenvalue weighted by Gasteiger charge is -2.21. The highest BCUT2D eigenvalue weighted by Crippen LogP contribution is 2.14. The maximum atomic E-state index is 9.56. The number of para-hydroxylation sites is 1. The standard InChI is InChI=1S/C13H22N2O/c1-11(2)15(3)9-8-14-10-12-6-4-5-7-13(12)16/h4-7,11,14,16H,8-10H2,1-3H3. The molecule has 0 unspecified atom stereocenters. The number of benzene rings is 1. The predicted octanol–water partition coefficient (Wildman–Crippen LogP) is 1.82. The molecule has 0 atom stereocenters. The number of aromatic hydroxyl groups is 1. The van der Waals surface area contributed by atoms with Gasteiger partial charge in [0, 0.05) is 31.2 Å². The van der Waals surface area contributed by atoms with E-state index in [0.717, 1.165) is 25.2 Å². The van der Waals surface area contributed by atoms with Crippen LogP contribution in [-0.4, -0.2) is 36.2 Å². The van der Waals surface area contributed by atoms with Crippen LogP contribution in [0.1, 0.15) is 19.4 Å². The van der Waals surface area contributed by atoms with Gasteiger partial charge in [0.25, 0.3) is 0 Å². The van der Waals surface area contributed by atoms with Crippen molar-refractivity contribution in [2.75, 3.05) is 20.1 Å². The molecule has 0 aromatic heterocycles. The normalized spacial score (nSPS) is 11.3. The molecule has 1 rings (SSSR count). The fourth-order valence-corrected chi connectivity index (χ4v) is 1.40. The highest BCUT2D eigenvalue weighted by atomic mass is 16.3. The van der Waals surface area contributed by atoms with Crippen molar-refractivity contribution in [3.63, 3.8) is 0 Å². The van der Waals surface area contributed by atoms with Crippen LogP contribution in [0, 0.1) is 0 Å². The van der Waals surface area contributed by atoms with Gasteiger partial charge in [-0.25, -0.2) is 0 Å². The van der Waals surface area contributed by atoms with Crippen molar-refractivity contribution < 1.29 is 5.11 Å². The molecule has 1 aromatic carbocycles. The summed E-state index contributed by atoms with van der Waals surface area (Å²) in [6.07, 6.45) is 0. The van der Waals surface area contributed by atoms with Crippen molar-refractivity contribution in [3.8, 4) is 5.75 Å². The van der Waals surface area contributed by atoms with Crippen molar-refractivity contribution in [3.05, 3.63) is 29.8 Å². The molecule has 16 heavy (non-hydrogen) atoms. The molecular formula is C13H22N2O. The minimum absolute atomic E-state index is 0.368. The Hall–Kier alpha value is -1.06. The summed E-state index contributed by atoms with van der Waals surface area (Å²) in [4.78, 5) is 2.29. The van der Waals surface area contributed by atoms with Crippen LogP contribution in [0.4, 0.5) is 0 Å². The number of hydrogen-bond donors (Lipinski definition) is 2. The van der Waals surface area contributed by atoms with E-state index in [4.69, 9.17) is 0 Å². The first-order valence-electron chi connectivity index (χ1n) is 5.79. The summed E-state index contributed by atoms with van der Waals surface area (Å²) in [5.41, 5.74) is 0.953. The Kier molecular flexibility index (Phi) is 5.29. The van der Waals surface area contributed by atoms with Crippen molar-refractivity contribution >= 4 is 0 Å². The van der Waals surface area contributed by atoms with Crippen LogP contribution < -0.4 is 5.32 Å². The second-order valence-corrected chi connectivity index (χ2v) is 4.38. The number of likely N-dealkylation sites (N-methyl/N-ethyl adjacent to an activating group) is 1. The zero-order valence-corrected chi connectivity index (χ0v) is 10.4. The Labute approximate surface area is 98.1 Å². The number of nitrogens with one attached hydrogen (secondary N) is 1. The first kappa shape index (κ1) is 13.0. The summed E-state index contributed by atoms with van der Waals surface area (Å²) < 4.78 is 0. The van der Waals surface area contributed by atoms with Crippen LogP contribution in [-0.2, 0) is 6.54 Å². The number of phenols is 1. The third-order valence-corrected chi connectivity index (χ3v) is 2.83. The molecular weight excluding hydrogens is 200 g/mol. The van der Waals surface area contributed by atoms with Gasteiger partial charge in [-0.2, -0.15) is 0 Å². The van der Waals surface area contributed by atoms with E-state index in [1.807, 2.05) is 18.2 Å². The fourth-order valence-electron chi connectivity index (χ4n) is 1.40. The second-order valence-electron chi connectivity index (χ2n) is 4.38. The smallest absolute Gasteiger partial charge is 0.120 e. The van der Waals surface area contributed by atoms with Crippen LogP contribution in [0.25, 0.3) is 0 Å². The summed E-state index contributed by atoms with van der Waals surface area (Å²) in [5, 5.41) is 12.9. The molecule has 0 saturated carbocycles. The van der Waals surface area contributed by atoms with E-state index in [2.05, 4.69) is 31.1 Å². The first-order valence-corrected chi connectivity index (χ1v) is 5.79. The molecule has 3 nitrogen and oxygen atoms in total. The zero-order chi connectivity index (χ0) is 12.0. The van der Waals surface area contributed by atoms with Gasteiger partial charge in [-0.1, -0.05) is 18.2 Å². The van der Waals surface area contributed by atoms with E-state index in [1.54, 1.807) is 6.07 Å². The van der Waals surface area contributed by atoms with Gasteiger partial charge in [0.05, 0.1) is 0 Å². The van der Waals surface area contributed by atoms with Gasteiger partial charge in [0.15, 0.2) is 0 Å². The van der Waals surface area contributed by atoms with Gasteiger partial charge >= 0.3 is 0 Å². The Morgan fingerprint density at radius 3 is 2.62 bits per heavy atom. The predicted molar refractivity (Wildman–Crippen MR) is 67.6 cm³/mol. The lowest BCUT2D eigenvalue weighted by molar-refractivity contribution is 0.273. The van der Waals surface area contributed by atoms with Gasteiger partial charge in [-0.05, 0) is 27.0 Å². The van der Waals surface area contributed by atoms with Gasteiger partial charge in [0.2, 0.25) is 0 Å². The molecule has 90 valence electrons. The molecule has 0 radical (unpaired) electrons. The summed E-state index contributed by atoms with van der Waals surface area (Å²) >= 11 is 0. The monoisotopic (exact) mass is 222 g/mol. The van der Waals surface area contributed by atoms with Gasteiger partial charge in [0.1, 0.15) is 5.75 Å². The van der Waals surface area contributed by atoms with Crippen LogP contribution >= 0.6 is 0 Å². The first-order chi connectivity index (χ1) is 7.61. The summed E-state index contributed by atoms with van der Waals surface area (Å²) in [6, 6.07) is 8.01. The van der Waals surface area contributed by atoms with Crippen LogP contribution in [0.15, 0.2) is 24.3 Å². The van der Waals surface area contributed by atoms with Crippen LogP contribution in [0.3, 0.4) is 0 Å². The Balaban J connectivity index is 2.24. The Bertz CT molecular complexity index is 313. The highest BCUT2D eigenvalue weighted by molar-refractivity contribution is 5.31. The molecule has 0 aliphatic carbocycles. The van der Waals surface area contributed by atoms with E-state index in [0.29, 0.717) is 11.8 Å². The third kappa shape index (κ3) is 4.21. The number of rotatable bonds is 6. The largest absolute Gasteiger partial charge is 0.508 e. The van der Waals surface area contributed by atoms with Crippen molar-refractivity contribution in [2.24, 2.45) is 0 Å². The SMILES string of the molecule is CC(C)N(C)CCNCc1ccccc1O. The Morgan fingerprint density at radius 2 is 2.00 bits per heavy atom. The molecule has 0 amide bonds. The summed E-state index contributed by atoms with van der Waals surface area (Å²) in [6.45, 7) is 7.04. The lowest BCUT2D eigenvalue weighted by Crippen LogP contribution is -2.33. The molecule has 0 fully saturated rings. The molecule has 0 bridgehead atoms. The van der Waals surface area contributed by atoms with Crippen LogP contribution in [0.5, 0.6) is 5.75 Å². The molecule has 0 aliphatic rings. The van der Waals surface area contributed by atoms with Crippen molar-refractivity contribution in [1.82, 2.24) is 10.2 Å². The Morgan fingerprint density at radius 1 is 1.31 bits per heavy atom. The van der Waals surface area contributed by atoms with E-state index >= 15 is 0 Å². The molecule has 2 N–H and O–H groups in total. The van der Waals surface area contributed by atoms with Gasteiger partial charge in [-0.15, -0.1) is 0 Å². The summed E-state index contributed by atoms with van der Waals surface area (Å²) in [5.74, 6) is 0.368. The van der Waals surface area contributed by atoms with Crippen molar-refractivity contribution in [2.45, 2.75) is 26.4 Å². The van der Waals surface area contributed by atoms with E-state index in [9.17, 15) is 5.11 Å². The third-order valence-electron chi connectivity index (χ3n) is 2.83. The minimum Gasteiger partial charge on any atom is -0.508 e. The fraction of sp³-hybridized carbons (Fsp3) is 0.538. The number of hydrogen-bond acceptors (Lipinski definition) is 3. The molecule has 3 heteroatoms. The van der Waals surface area contributed by atoms with E-state index in [-0.39, 0.29) is 0 Å². The maximum Gasteiger partial charge on any atom is 0.120 e. The van der Waals surface area contributed by atoms with Crippen molar-refractivity contribution in [1.29, 1.82) is 0 Å². The molecule has 0 heterocycles. The summed E-state index contributed by atoms with van der Waals surface area (Å²) in [7, 11) is 2.12.